The number of hydrogen-bond acceptors (Lipinski definition) is 3. The Kier molecular flexibility index (Phi) is 4.67. The van der Waals surface area contributed by atoms with Gasteiger partial charge in [0, 0.05) is 32.4 Å². The minimum absolute atomic E-state index is 0.0791. The number of halogens is 3. The Hall–Kier alpha value is -2.90. The van der Waals surface area contributed by atoms with E-state index in [2.05, 4.69) is 10.3 Å². The quantitative estimate of drug-likeness (QED) is 0.891. The largest absolute Gasteiger partial charge is 0.418 e. The molecule has 0 unspecified atom stereocenters. The Morgan fingerprint density at radius 2 is 1.92 bits per heavy atom. The molecule has 0 fully saturated rings. The molecule has 5 nitrogen and oxygen atoms in total. The number of pyridine rings is 1. The Morgan fingerprint density at radius 1 is 1.19 bits per heavy atom. The van der Waals surface area contributed by atoms with Gasteiger partial charge in [-0.05, 0) is 29.7 Å². The van der Waals surface area contributed by atoms with Crippen LogP contribution in [0.4, 0.5) is 18.9 Å². The van der Waals surface area contributed by atoms with Gasteiger partial charge in [0.2, 0.25) is 5.91 Å². The molecule has 0 bridgehead atoms. The molecule has 0 saturated heterocycles. The SMILES string of the molecule is CC(=O)N1CCc2c(cncc2C(=O)Nc2ccccc2C(F)(F)F)C1. The molecule has 136 valence electrons. The van der Waals surface area contributed by atoms with Crippen molar-refractivity contribution in [3.63, 3.8) is 0 Å². The summed E-state index contributed by atoms with van der Waals surface area (Å²) < 4.78 is 39.3. The number of carbonyl (C=O) groups excluding carboxylic acids is 2. The van der Waals surface area contributed by atoms with Crippen molar-refractivity contribution in [2.75, 3.05) is 11.9 Å². The minimum atomic E-state index is -4.57. The maximum Gasteiger partial charge on any atom is 0.418 e. The van der Waals surface area contributed by atoms with Gasteiger partial charge in [0.25, 0.3) is 5.91 Å². The van der Waals surface area contributed by atoms with Gasteiger partial charge in [-0.3, -0.25) is 14.6 Å². The Labute approximate surface area is 147 Å². The first kappa shape index (κ1) is 17.9. The fraction of sp³-hybridized carbons (Fsp3) is 0.278. The lowest BCUT2D eigenvalue weighted by atomic mass is 9.96. The predicted molar refractivity (Wildman–Crippen MR) is 88.4 cm³/mol. The van der Waals surface area contributed by atoms with E-state index in [4.69, 9.17) is 0 Å². The highest BCUT2D eigenvalue weighted by molar-refractivity contribution is 6.05. The summed E-state index contributed by atoms with van der Waals surface area (Å²) in [6, 6.07) is 4.81. The van der Waals surface area contributed by atoms with Gasteiger partial charge in [-0.25, -0.2) is 0 Å². The van der Waals surface area contributed by atoms with E-state index in [1.54, 1.807) is 11.1 Å². The number of fused-ring (bicyclic) bond motifs is 1. The zero-order chi connectivity index (χ0) is 18.9. The van der Waals surface area contributed by atoms with E-state index in [0.717, 1.165) is 11.6 Å². The zero-order valence-corrected chi connectivity index (χ0v) is 13.9. The van der Waals surface area contributed by atoms with E-state index in [-0.39, 0.29) is 17.2 Å². The summed E-state index contributed by atoms with van der Waals surface area (Å²) in [4.78, 5) is 29.7. The Balaban J connectivity index is 1.89. The molecule has 2 aromatic rings. The highest BCUT2D eigenvalue weighted by Gasteiger charge is 2.34. The molecule has 0 aliphatic carbocycles. The van der Waals surface area contributed by atoms with Crippen molar-refractivity contribution in [1.29, 1.82) is 0 Å². The summed E-state index contributed by atoms with van der Waals surface area (Å²) >= 11 is 0. The van der Waals surface area contributed by atoms with Gasteiger partial charge in [-0.15, -0.1) is 0 Å². The number of hydrogen-bond donors (Lipinski definition) is 1. The van der Waals surface area contributed by atoms with Crippen LogP contribution in [-0.4, -0.2) is 28.2 Å². The summed E-state index contributed by atoms with van der Waals surface area (Å²) in [5.41, 5.74) is 0.447. The molecule has 0 atom stereocenters. The van der Waals surface area contributed by atoms with Gasteiger partial charge in [0.1, 0.15) is 0 Å². The summed E-state index contributed by atoms with van der Waals surface area (Å²) in [6.45, 7) is 2.24. The van der Waals surface area contributed by atoms with E-state index in [9.17, 15) is 22.8 Å². The molecule has 1 aliphatic heterocycles. The lowest BCUT2D eigenvalue weighted by Gasteiger charge is -2.28. The van der Waals surface area contributed by atoms with Crippen LogP contribution in [0.15, 0.2) is 36.7 Å². The van der Waals surface area contributed by atoms with E-state index in [1.807, 2.05) is 0 Å². The number of nitrogens with zero attached hydrogens (tertiary/aromatic N) is 2. The van der Waals surface area contributed by atoms with Crippen molar-refractivity contribution in [2.24, 2.45) is 0 Å². The molecule has 2 heterocycles. The molecule has 1 aromatic heterocycles. The normalized spacial score (nSPS) is 13.9. The third-order valence-electron chi connectivity index (χ3n) is 4.31. The smallest absolute Gasteiger partial charge is 0.338 e. The Morgan fingerprint density at radius 3 is 2.62 bits per heavy atom. The lowest BCUT2D eigenvalue weighted by molar-refractivity contribution is -0.137. The predicted octanol–water partition coefficient (Wildman–Crippen LogP) is 3.26. The van der Waals surface area contributed by atoms with Crippen LogP contribution < -0.4 is 5.32 Å². The van der Waals surface area contributed by atoms with E-state index < -0.39 is 17.6 Å². The third kappa shape index (κ3) is 3.54. The monoisotopic (exact) mass is 363 g/mol. The average Bonchev–Trinajstić information content (AvgIpc) is 2.60. The summed E-state index contributed by atoms with van der Waals surface area (Å²) in [6.07, 6.45) is -1.21. The summed E-state index contributed by atoms with van der Waals surface area (Å²) in [5.74, 6) is -0.730. The second kappa shape index (κ2) is 6.78. The Bertz CT molecular complexity index is 865. The van der Waals surface area contributed by atoms with Crippen LogP contribution in [0.25, 0.3) is 0 Å². The molecule has 3 rings (SSSR count). The second-order valence-electron chi connectivity index (χ2n) is 6.01. The van der Waals surface area contributed by atoms with Crippen molar-refractivity contribution < 1.29 is 22.8 Å². The van der Waals surface area contributed by atoms with Gasteiger partial charge in [-0.2, -0.15) is 13.2 Å². The van der Waals surface area contributed by atoms with Crippen LogP contribution in [0.2, 0.25) is 0 Å². The van der Waals surface area contributed by atoms with Crippen LogP contribution in [0.1, 0.15) is 34.0 Å². The topological polar surface area (TPSA) is 62.3 Å². The highest BCUT2D eigenvalue weighted by atomic mass is 19.4. The summed E-state index contributed by atoms with van der Waals surface area (Å²) in [7, 11) is 0. The first-order valence-electron chi connectivity index (χ1n) is 7.96. The highest BCUT2D eigenvalue weighted by Crippen LogP contribution is 2.35. The molecule has 8 heteroatoms. The van der Waals surface area contributed by atoms with Gasteiger partial charge in [0.15, 0.2) is 0 Å². The molecule has 26 heavy (non-hydrogen) atoms. The van der Waals surface area contributed by atoms with Crippen LogP contribution >= 0.6 is 0 Å². The first-order chi connectivity index (χ1) is 12.3. The second-order valence-corrected chi connectivity index (χ2v) is 6.01. The molecule has 2 amide bonds. The molecular formula is C18H16F3N3O2. The number of carbonyl (C=O) groups is 2. The number of alkyl halides is 3. The van der Waals surface area contributed by atoms with Crippen molar-refractivity contribution in [3.8, 4) is 0 Å². The van der Waals surface area contributed by atoms with Gasteiger partial charge >= 0.3 is 6.18 Å². The average molecular weight is 363 g/mol. The standard InChI is InChI=1S/C18H16F3N3O2/c1-11(25)24-7-6-13-12(10-24)8-22-9-14(13)17(26)23-16-5-3-2-4-15(16)18(19,20)21/h2-5,8-9H,6-7,10H2,1H3,(H,23,26). The molecule has 1 aromatic carbocycles. The van der Waals surface area contributed by atoms with Crippen molar-refractivity contribution in [2.45, 2.75) is 26.1 Å². The van der Waals surface area contributed by atoms with Gasteiger partial charge < -0.3 is 10.2 Å². The number of rotatable bonds is 2. The molecule has 1 aliphatic rings. The van der Waals surface area contributed by atoms with Gasteiger partial charge in [-0.1, -0.05) is 12.1 Å². The number of anilines is 1. The number of nitrogens with one attached hydrogen (secondary N) is 1. The van der Waals surface area contributed by atoms with Crippen LogP contribution in [-0.2, 0) is 23.9 Å². The van der Waals surface area contributed by atoms with Crippen LogP contribution in [0.3, 0.4) is 0 Å². The lowest BCUT2D eigenvalue weighted by Crippen LogP contribution is -2.35. The van der Waals surface area contributed by atoms with E-state index in [1.165, 1.54) is 31.3 Å². The minimum Gasteiger partial charge on any atom is -0.338 e. The molecular weight excluding hydrogens is 347 g/mol. The van der Waals surface area contributed by atoms with E-state index >= 15 is 0 Å². The molecule has 0 spiro atoms. The maximum absolute atomic E-state index is 13.1. The number of para-hydroxylation sites is 1. The maximum atomic E-state index is 13.1. The number of amides is 2. The van der Waals surface area contributed by atoms with Crippen molar-refractivity contribution >= 4 is 17.5 Å². The zero-order valence-electron chi connectivity index (χ0n) is 13.9. The summed E-state index contributed by atoms with van der Waals surface area (Å²) in [5, 5.41) is 2.34. The molecule has 1 N–H and O–H groups in total. The molecule has 0 saturated carbocycles. The number of aromatic nitrogens is 1. The van der Waals surface area contributed by atoms with Crippen molar-refractivity contribution in [1.82, 2.24) is 9.88 Å². The third-order valence-corrected chi connectivity index (χ3v) is 4.31. The van der Waals surface area contributed by atoms with Gasteiger partial charge in [0.05, 0.1) is 16.8 Å². The van der Waals surface area contributed by atoms with Crippen molar-refractivity contribution in [3.05, 3.63) is 58.9 Å². The fourth-order valence-electron chi connectivity index (χ4n) is 2.99. The molecule has 0 radical (unpaired) electrons. The fourth-order valence-corrected chi connectivity index (χ4v) is 2.99. The van der Waals surface area contributed by atoms with Crippen LogP contribution in [0, 0.1) is 0 Å². The number of benzene rings is 1. The van der Waals surface area contributed by atoms with E-state index in [0.29, 0.717) is 25.1 Å². The van der Waals surface area contributed by atoms with Crippen LogP contribution in [0.5, 0.6) is 0 Å². The first-order valence-corrected chi connectivity index (χ1v) is 7.96.